The predicted molar refractivity (Wildman–Crippen MR) is 79.0 cm³/mol. The molecule has 0 aliphatic heterocycles. The predicted octanol–water partition coefficient (Wildman–Crippen LogP) is 1.37. The molecule has 0 bridgehead atoms. The number of imidazole rings is 1. The van der Waals surface area contributed by atoms with Gasteiger partial charge in [0.05, 0.1) is 6.33 Å². The molecule has 0 aromatic carbocycles. The molecule has 7 heteroatoms. The summed E-state index contributed by atoms with van der Waals surface area (Å²) in [4.78, 5) is 19.2. The van der Waals surface area contributed by atoms with Crippen molar-refractivity contribution in [3.8, 4) is 0 Å². The van der Waals surface area contributed by atoms with E-state index >= 15 is 0 Å². The first-order valence-corrected chi connectivity index (χ1v) is 6.69. The highest BCUT2D eigenvalue weighted by Gasteiger charge is 2.10. The zero-order chi connectivity index (χ0) is 14.5. The molecule has 7 nitrogen and oxygen atoms in total. The summed E-state index contributed by atoms with van der Waals surface area (Å²) in [5.41, 5.74) is 0. The summed E-state index contributed by atoms with van der Waals surface area (Å²) < 4.78 is 2.00. The van der Waals surface area contributed by atoms with E-state index in [0.717, 1.165) is 18.9 Å². The molecule has 0 saturated heterocycles. The minimum Gasteiger partial charge on any atom is -0.352 e. The molecule has 0 aliphatic rings. The van der Waals surface area contributed by atoms with Gasteiger partial charge in [0.15, 0.2) is 0 Å². The van der Waals surface area contributed by atoms with Crippen LogP contribution < -0.4 is 10.2 Å². The SMILES string of the molecule is CC(C)c1nc(NCCn2ccnc2)nc(N(C)C)n1. The van der Waals surface area contributed by atoms with Crippen LogP contribution in [0.1, 0.15) is 25.6 Å². The normalized spacial score (nSPS) is 10.8. The van der Waals surface area contributed by atoms with Gasteiger partial charge in [-0.05, 0) is 0 Å². The van der Waals surface area contributed by atoms with Crippen molar-refractivity contribution in [1.29, 1.82) is 0 Å². The van der Waals surface area contributed by atoms with Crippen LogP contribution in [0.4, 0.5) is 11.9 Å². The van der Waals surface area contributed by atoms with Gasteiger partial charge >= 0.3 is 0 Å². The quantitative estimate of drug-likeness (QED) is 0.858. The number of hydrogen-bond acceptors (Lipinski definition) is 6. The fraction of sp³-hybridized carbons (Fsp3) is 0.538. The van der Waals surface area contributed by atoms with Gasteiger partial charge < -0.3 is 14.8 Å². The van der Waals surface area contributed by atoms with Crippen LogP contribution in [0.15, 0.2) is 18.7 Å². The highest BCUT2D eigenvalue weighted by atomic mass is 15.3. The van der Waals surface area contributed by atoms with Gasteiger partial charge in [0.1, 0.15) is 5.82 Å². The summed E-state index contributed by atoms with van der Waals surface area (Å²) in [6, 6.07) is 0. The number of anilines is 2. The van der Waals surface area contributed by atoms with E-state index < -0.39 is 0 Å². The Labute approximate surface area is 119 Å². The number of rotatable bonds is 6. The van der Waals surface area contributed by atoms with Gasteiger partial charge in [-0.3, -0.25) is 0 Å². The van der Waals surface area contributed by atoms with Crippen molar-refractivity contribution in [3.05, 3.63) is 24.5 Å². The standard InChI is InChI=1S/C13H21N7/c1-10(2)11-16-12(18-13(17-11)19(3)4)15-6-8-20-7-5-14-9-20/h5,7,9-10H,6,8H2,1-4H3,(H,15,16,17,18). The lowest BCUT2D eigenvalue weighted by atomic mass is 10.2. The third-order valence-corrected chi connectivity index (χ3v) is 2.77. The van der Waals surface area contributed by atoms with E-state index in [2.05, 4.69) is 39.1 Å². The van der Waals surface area contributed by atoms with Crippen LogP contribution in [0.3, 0.4) is 0 Å². The lowest BCUT2D eigenvalue weighted by Crippen LogP contribution is -2.18. The molecule has 0 saturated carbocycles. The first-order chi connectivity index (χ1) is 9.56. The number of nitrogens with one attached hydrogen (secondary N) is 1. The molecule has 2 rings (SSSR count). The van der Waals surface area contributed by atoms with Gasteiger partial charge in [0.25, 0.3) is 0 Å². The second kappa shape index (κ2) is 6.31. The van der Waals surface area contributed by atoms with Crippen LogP contribution in [0.25, 0.3) is 0 Å². The topological polar surface area (TPSA) is 71.8 Å². The summed E-state index contributed by atoms with van der Waals surface area (Å²) in [5, 5.41) is 3.24. The summed E-state index contributed by atoms with van der Waals surface area (Å²) in [6.45, 7) is 5.71. The highest BCUT2D eigenvalue weighted by Crippen LogP contribution is 2.14. The lowest BCUT2D eigenvalue weighted by molar-refractivity contribution is 0.714. The molecule has 0 atom stereocenters. The number of nitrogens with zero attached hydrogens (tertiary/aromatic N) is 6. The van der Waals surface area contributed by atoms with Gasteiger partial charge in [-0.2, -0.15) is 15.0 Å². The summed E-state index contributed by atoms with van der Waals surface area (Å²) in [6.07, 6.45) is 5.49. The van der Waals surface area contributed by atoms with Gasteiger partial charge in [-0.15, -0.1) is 0 Å². The molecule has 0 fully saturated rings. The van der Waals surface area contributed by atoms with E-state index in [1.807, 2.05) is 29.8 Å². The van der Waals surface area contributed by atoms with E-state index in [1.54, 1.807) is 12.5 Å². The molecule has 0 radical (unpaired) electrons. The first kappa shape index (κ1) is 14.2. The van der Waals surface area contributed by atoms with E-state index in [-0.39, 0.29) is 5.92 Å². The van der Waals surface area contributed by atoms with Crippen molar-refractivity contribution in [2.75, 3.05) is 30.9 Å². The maximum atomic E-state index is 4.45. The van der Waals surface area contributed by atoms with Crippen molar-refractivity contribution in [2.24, 2.45) is 0 Å². The van der Waals surface area contributed by atoms with Crippen molar-refractivity contribution in [2.45, 2.75) is 26.3 Å². The second-order valence-corrected chi connectivity index (χ2v) is 5.09. The molecule has 0 spiro atoms. The third-order valence-electron chi connectivity index (χ3n) is 2.77. The minimum absolute atomic E-state index is 0.269. The Bertz CT molecular complexity index is 507. The fourth-order valence-electron chi connectivity index (χ4n) is 1.63. The molecule has 0 unspecified atom stereocenters. The van der Waals surface area contributed by atoms with Crippen molar-refractivity contribution in [3.63, 3.8) is 0 Å². The third kappa shape index (κ3) is 3.66. The van der Waals surface area contributed by atoms with Gasteiger partial charge in [-0.25, -0.2) is 4.98 Å². The Balaban J connectivity index is 2.06. The molecule has 20 heavy (non-hydrogen) atoms. The van der Waals surface area contributed by atoms with Gasteiger partial charge in [0, 0.05) is 45.5 Å². The number of hydrogen-bond donors (Lipinski definition) is 1. The average molecular weight is 275 g/mol. The lowest BCUT2D eigenvalue weighted by Gasteiger charge is -2.14. The Morgan fingerprint density at radius 1 is 1.25 bits per heavy atom. The van der Waals surface area contributed by atoms with Crippen LogP contribution >= 0.6 is 0 Å². The maximum absolute atomic E-state index is 4.45. The van der Waals surface area contributed by atoms with Crippen LogP contribution in [0.5, 0.6) is 0 Å². The van der Waals surface area contributed by atoms with E-state index in [1.165, 1.54) is 0 Å². The second-order valence-electron chi connectivity index (χ2n) is 5.09. The Morgan fingerprint density at radius 2 is 2.05 bits per heavy atom. The number of aromatic nitrogens is 5. The molecule has 0 amide bonds. The largest absolute Gasteiger partial charge is 0.352 e. The Morgan fingerprint density at radius 3 is 2.65 bits per heavy atom. The van der Waals surface area contributed by atoms with Crippen molar-refractivity contribution >= 4 is 11.9 Å². The molecule has 1 N–H and O–H groups in total. The monoisotopic (exact) mass is 275 g/mol. The molecule has 2 aromatic rings. The summed E-state index contributed by atoms with van der Waals surface area (Å²) in [7, 11) is 3.85. The Hall–Kier alpha value is -2.18. The average Bonchev–Trinajstić information content (AvgIpc) is 2.91. The van der Waals surface area contributed by atoms with Gasteiger partial charge in [-0.1, -0.05) is 13.8 Å². The van der Waals surface area contributed by atoms with Gasteiger partial charge in [0.2, 0.25) is 11.9 Å². The van der Waals surface area contributed by atoms with Crippen LogP contribution in [-0.2, 0) is 6.54 Å². The molecule has 2 heterocycles. The Kier molecular flexibility index (Phi) is 4.49. The van der Waals surface area contributed by atoms with Crippen LogP contribution in [-0.4, -0.2) is 45.1 Å². The van der Waals surface area contributed by atoms with E-state index in [9.17, 15) is 0 Å². The van der Waals surface area contributed by atoms with Crippen molar-refractivity contribution in [1.82, 2.24) is 24.5 Å². The first-order valence-electron chi connectivity index (χ1n) is 6.69. The highest BCUT2D eigenvalue weighted by molar-refractivity contribution is 5.36. The van der Waals surface area contributed by atoms with Crippen LogP contribution in [0.2, 0.25) is 0 Å². The van der Waals surface area contributed by atoms with E-state index in [0.29, 0.717) is 11.9 Å². The van der Waals surface area contributed by atoms with Crippen LogP contribution in [0, 0.1) is 0 Å². The van der Waals surface area contributed by atoms with Crippen molar-refractivity contribution < 1.29 is 0 Å². The zero-order valence-electron chi connectivity index (χ0n) is 12.4. The summed E-state index contributed by atoms with van der Waals surface area (Å²) in [5.74, 6) is 2.36. The van der Waals surface area contributed by atoms with E-state index in [4.69, 9.17) is 0 Å². The molecule has 2 aromatic heterocycles. The molecule has 108 valence electrons. The molecular formula is C13H21N7. The smallest absolute Gasteiger partial charge is 0.229 e. The minimum atomic E-state index is 0.269. The molecular weight excluding hydrogens is 254 g/mol. The molecule has 0 aliphatic carbocycles. The summed E-state index contributed by atoms with van der Waals surface area (Å²) >= 11 is 0. The zero-order valence-corrected chi connectivity index (χ0v) is 12.4. The fourth-order valence-corrected chi connectivity index (χ4v) is 1.63. The maximum Gasteiger partial charge on any atom is 0.229 e.